The van der Waals surface area contributed by atoms with Gasteiger partial charge in [-0.15, -0.1) is 0 Å². The molecule has 7 heteroatoms. The lowest BCUT2D eigenvalue weighted by Gasteiger charge is -2.48. The molecule has 3 aliphatic rings. The quantitative estimate of drug-likeness (QED) is 0.781. The number of nitrogens with zero attached hydrogens (tertiary/aromatic N) is 2. The maximum atomic E-state index is 13.0. The molecule has 1 aromatic rings. The number of amides is 2. The van der Waals surface area contributed by atoms with Crippen molar-refractivity contribution in [3.8, 4) is 0 Å². The van der Waals surface area contributed by atoms with E-state index in [0.29, 0.717) is 19.4 Å². The Balaban J connectivity index is 1.77. The Kier molecular flexibility index (Phi) is 3.25. The SMILES string of the molecule is C[C@@]1(N)O[C@@]2(O)[C@@H]3CCCN3C(=O)[C@H](Cc3ccccc3)N2C1=O. The van der Waals surface area contributed by atoms with Gasteiger partial charge in [0.2, 0.25) is 5.91 Å². The first-order chi connectivity index (χ1) is 11.3. The topological polar surface area (TPSA) is 96.1 Å². The van der Waals surface area contributed by atoms with E-state index < -0.39 is 29.6 Å². The number of hydrogen-bond acceptors (Lipinski definition) is 5. The second kappa shape index (κ2) is 5.02. The summed E-state index contributed by atoms with van der Waals surface area (Å²) in [7, 11) is 0. The van der Waals surface area contributed by atoms with E-state index >= 15 is 0 Å². The van der Waals surface area contributed by atoms with Gasteiger partial charge in [-0.05, 0) is 25.3 Å². The van der Waals surface area contributed by atoms with Crippen LogP contribution in [0.1, 0.15) is 25.3 Å². The van der Waals surface area contributed by atoms with Crippen LogP contribution in [0.5, 0.6) is 0 Å². The third-order valence-electron chi connectivity index (χ3n) is 5.19. The van der Waals surface area contributed by atoms with E-state index in [-0.39, 0.29) is 5.91 Å². The molecular formula is C17H21N3O4. The summed E-state index contributed by atoms with van der Waals surface area (Å²) in [5.41, 5.74) is 5.22. The van der Waals surface area contributed by atoms with Crippen LogP contribution in [-0.2, 0) is 20.7 Å². The molecular weight excluding hydrogens is 310 g/mol. The van der Waals surface area contributed by atoms with Crippen LogP contribution >= 0.6 is 0 Å². The normalized spacial score (nSPS) is 38.5. The number of benzene rings is 1. The van der Waals surface area contributed by atoms with Crippen molar-refractivity contribution >= 4 is 11.8 Å². The fourth-order valence-corrected chi connectivity index (χ4v) is 4.12. The van der Waals surface area contributed by atoms with Crippen LogP contribution in [0.4, 0.5) is 0 Å². The first kappa shape index (κ1) is 15.6. The second-order valence-electron chi connectivity index (χ2n) is 6.94. The molecule has 4 atom stereocenters. The van der Waals surface area contributed by atoms with Crippen LogP contribution in [-0.4, -0.2) is 57.0 Å². The van der Waals surface area contributed by atoms with Crippen LogP contribution in [0.25, 0.3) is 0 Å². The van der Waals surface area contributed by atoms with Gasteiger partial charge in [-0.3, -0.25) is 20.2 Å². The average Bonchev–Trinajstić information content (AvgIpc) is 3.09. The summed E-state index contributed by atoms with van der Waals surface area (Å²) in [4.78, 5) is 28.5. The van der Waals surface area contributed by atoms with Gasteiger partial charge in [-0.2, -0.15) is 0 Å². The molecule has 0 radical (unpaired) electrons. The number of nitrogens with two attached hydrogens (primary N) is 1. The highest BCUT2D eigenvalue weighted by Crippen LogP contribution is 2.44. The highest BCUT2D eigenvalue weighted by atomic mass is 16.7. The van der Waals surface area contributed by atoms with Gasteiger partial charge in [0.25, 0.3) is 11.8 Å². The molecule has 3 N–H and O–H groups in total. The van der Waals surface area contributed by atoms with Gasteiger partial charge in [0, 0.05) is 13.0 Å². The predicted octanol–water partition coefficient (Wildman–Crippen LogP) is -0.218. The third kappa shape index (κ3) is 2.02. The molecule has 0 aliphatic carbocycles. The Morgan fingerprint density at radius 1 is 1.33 bits per heavy atom. The number of piperazine rings is 1. The molecule has 3 aliphatic heterocycles. The van der Waals surface area contributed by atoms with Crippen LogP contribution in [0.15, 0.2) is 30.3 Å². The summed E-state index contributed by atoms with van der Waals surface area (Å²) in [6.45, 7) is 1.98. The van der Waals surface area contributed by atoms with E-state index in [1.165, 1.54) is 11.8 Å². The summed E-state index contributed by atoms with van der Waals surface area (Å²) in [6, 6.07) is 8.05. The number of ether oxygens (including phenoxy) is 1. The summed E-state index contributed by atoms with van der Waals surface area (Å²) in [5.74, 6) is -2.56. The number of aliphatic hydroxyl groups is 1. The molecule has 2 amide bonds. The average molecular weight is 331 g/mol. The number of rotatable bonds is 2. The van der Waals surface area contributed by atoms with Crippen molar-refractivity contribution in [2.75, 3.05) is 6.54 Å². The second-order valence-corrected chi connectivity index (χ2v) is 6.94. The summed E-state index contributed by atoms with van der Waals surface area (Å²) in [5, 5.41) is 11.2. The molecule has 3 heterocycles. The fraction of sp³-hybridized carbons (Fsp3) is 0.529. The maximum absolute atomic E-state index is 13.0. The number of hydrogen-bond donors (Lipinski definition) is 2. The van der Waals surface area contributed by atoms with E-state index in [2.05, 4.69) is 0 Å². The minimum Gasteiger partial charge on any atom is -0.347 e. The van der Waals surface area contributed by atoms with Crippen LogP contribution in [0, 0.1) is 0 Å². The molecule has 128 valence electrons. The van der Waals surface area contributed by atoms with Crippen LogP contribution < -0.4 is 5.73 Å². The lowest BCUT2D eigenvalue weighted by molar-refractivity contribution is -0.312. The van der Waals surface area contributed by atoms with Crippen molar-refractivity contribution in [1.29, 1.82) is 0 Å². The standard InChI is InChI=1S/C17H21N3O4/c1-16(18)15(22)20-12(10-11-6-3-2-4-7-11)14(21)19-9-5-8-13(19)17(20,23)24-16/h2-4,6-7,12-13,23H,5,8-10,18H2,1H3/t12-,13-,16+,17-/m0/s1. The van der Waals surface area contributed by atoms with Gasteiger partial charge in [0.05, 0.1) is 0 Å². The summed E-state index contributed by atoms with van der Waals surface area (Å²) in [6.07, 6.45) is 1.67. The van der Waals surface area contributed by atoms with Crippen molar-refractivity contribution in [2.45, 2.75) is 49.9 Å². The Labute approximate surface area is 140 Å². The monoisotopic (exact) mass is 331 g/mol. The van der Waals surface area contributed by atoms with Gasteiger partial charge in [-0.25, -0.2) is 0 Å². The number of carbonyl (C=O) groups is 2. The zero-order chi connectivity index (χ0) is 17.1. The molecule has 0 saturated carbocycles. The summed E-state index contributed by atoms with van der Waals surface area (Å²) >= 11 is 0. The van der Waals surface area contributed by atoms with E-state index in [1.807, 2.05) is 30.3 Å². The Bertz CT molecular complexity index is 692. The molecule has 4 rings (SSSR count). The molecule has 7 nitrogen and oxygen atoms in total. The van der Waals surface area contributed by atoms with Crippen molar-refractivity contribution in [3.63, 3.8) is 0 Å². The first-order valence-electron chi connectivity index (χ1n) is 8.24. The molecule has 0 unspecified atom stereocenters. The minimum absolute atomic E-state index is 0.152. The zero-order valence-electron chi connectivity index (χ0n) is 13.5. The van der Waals surface area contributed by atoms with Gasteiger partial charge in [0.15, 0.2) is 5.72 Å². The van der Waals surface area contributed by atoms with E-state index in [4.69, 9.17) is 10.5 Å². The Hall–Kier alpha value is -1.96. The Morgan fingerprint density at radius 2 is 2.04 bits per heavy atom. The van der Waals surface area contributed by atoms with Crippen LogP contribution in [0.3, 0.4) is 0 Å². The number of carbonyl (C=O) groups excluding carboxylic acids is 2. The lowest BCUT2D eigenvalue weighted by atomic mass is 9.96. The first-order valence-corrected chi connectivity index (χ1v) is 8.24. The van der Waals surface area contributed by atoms with Crippen molar-refractivity contribution in [2.24, 2.45) is 5.73 Å². The van der Waals surface area contributed by atoms with Gasteiger partial charge in [-0.1, -0.05) is 30.3 Å². The van der Waals surface area contributed by atoms with E-state index in [9.17, 15) is 14.7 Å². The van der Waals surface area contributed by atoms with Gasteiger partial charge in [0.1, 0.15) is 12.1 Å². The molecule has 0 aromatic heterocycles. The summed E-state index contributed by atoms with van der Waals surface area (Å²) < 4.78 is 5.60. The lowest BCUT2D eigenvalue weighted by Crippen LogP contribution is -2.71. The maximum Gasteiger partial charge on any atom is 0.275 e. The van der Waals surface area contributed by atoms with Crippen molar-refractivity contribution in [1.82, 2.24) is 9.80 Å². The predicted molar refractivity (Wildman–Crippen MR) is 84.1 cm³/mol. The number of fused-ring (bicyclic) bond motifs is 3. The van der Waals surface area contributed by atoms with Gasteiger partial charge >= 0.3 is 0 Å². The van der Waals surface area contributed by atoms with Crippen molar-refractivity contribution < 1.29 is 19.4 Å². The minimum atomic E-state index is -1.86. The zero-order valence-corrected chi connectivity index (χ0v) is 13.5. The highest BCUT2D eigenvalue weighted by molar-refractivity contribution is 5.94. The highest BCUT2D eigenvalue weighted by Gasteiger charge is 2.68. The molecule has 1 aromatic carbocycles. The third-order valence-corrected chi connectivity index (χ3v) is 5.19. The molecule has 3 saturated heterocycles. The Morgan fingerprint density at radius 3 is 2.75 bits per heavy atom. The largest absolute Gasteiger partial charge is 0.347 e. The molecule has 0 bridgehead atoms. The van der Waals surface area contributed by atoms with Gasteiger partial charge < -0.3 is 14.7 Å². The van der Waals surface area contributed by atoms with Crippen molar-refractivity contribution in [3.05, 3.63) is 35.9 Å². The molecule has 3 fully saturated rings. The fourth-order valence-electron chi connectivity index (χ4n) is 4.12. The van der Waals surface area contributed by atoms with E-state index in [1.54, 1.807) is 4.90 Å². The van der Waals surface area contributed by atoms with Crippen LogP contribution in [0.2, 0.25) is 0 Å². The smallest absolute Gasteiger partial charge is 0.275 e. The molecule has 0 spiro atoms. The molecule has 24 heavy (non-hydrogen) atoms. The van der Waals surface area contributed by atoms with E-state index in [0.717, 1.165) is 12.0 Å².